The van der Waals surface area contributed by atoms with Gasteiger partial charge in [0.25, 0.3) is 0 Å². The first-order valence-electron chi connectivity index (χ1n) is 8.83. The van der Waals surface area contributed by atoms with Gasteiger partial charge < -0.3 is 9.84 Å². The quantitative estimate of drug-likeness (QED) is 0.531. The molecule has 2 rings (SSSR count). The summed E-state index contributed by atoms with van der Waals surface area (Å²) in [6.07, 6.45) is -1.70. The highest BCUT2D eigenvalue weighted by Crippen LogP contribution is 2.18. The summed E-state index contributed by atoms with van der Waals surface area (Å²) in [5.41, 5.74) is 1.62. The van der Waals surface area contributed by atoms with Crippen molar-refractivity contribution in [2.24, 2.45) is 0 Å². The lowest BCUT2D eigenvalue weighted by molar-refractivity contribution is 0.0955. The average molecular weight is 383 g/mol. The summed E-state index contributed by atoms with van der Waals surface area (Å²) in [5.74, 6) is -0.0875. The number of hydrogen-bond donors (Lipinski definition) is 3. The van der Waals surface area contributed by atoms with Crippen LogP contribution in [0.3, 0.4) is 0 Å². The Labute approximate surface area is 164 Å². The van der Waals surface area contributed by atoms with Crippen molar-refractivity contribution in [3.8, 4) is 0 Å². The molecule has 2 amide bonds. The van der Waals surface area contributed by atoms with Crippen LogP contribution in [-0.2, 0) is 17.9 Å². The zero-order valence-electron chi connectivity index (χ0n) is 16.2. The number of amides is 2. The zero-order chi connectivity index (χ0) is 20.7. The van der Waals surface area contributed by atoms with Gasteiger partial charge in [0.2, 0.25) is 0 Å². The van der Waals surface area contributed by atoms with Crippen molar-refractivity contribution in [2.45, 2.75) is 39.5 Å². The molecule has 2 aromatic carbocycles. The molecule has 148 valence electrons. The van der Waals surface area contributed by atoms with Crippen molar-refractivity contribution >= 4 is 18.0 Å². The highest BCUT2D eigenvalue weighted by Gasteiger charge is 2.26. The maximum absolute atomic E-state index is 11.9. The zero-order valence-corrected chi connectivity index (χ0v) is 16.2. The Morgan fingerprint density at radius 1 is 1.04 bits per heavy atom. The SMILES string of the molecule is CC(C)(C)N(Cc1ccc(C(=N)NC(=O)OCc2ccccc2)cc1)C(=O)O. The van der Waals surface area contributed by atoms with Gasteiger partial charge in [0.15, 0.2) is 0 Å². The Morgan fingerprint density at radius 3 is 2.18 bits per heavy atom. The average Bonchev–Trinajstić information content (AvgIpc) is 2.64. The van der Waals surface area contributed by atoms with Crippen LogP contribution in [0.1, 0.15) is 37.5 Å². The molecule has 0 saturated carbocycles. The summed E-state index contributed by atoms with van der Waals surface area (Å²) in [6, 6.07) is 16.1. The van der Waals surface area contributed by atoms with E-state index in [9.17, 15) is 14.7 Å². The minimum atomic E-state index is -0.993. The monoisotopic (exact) mass is 383 g/mol. The first-order chi connectivity index (χ1) is 13.2. The van der Waals surface area contributed by atoms with Gasteiger partial charge in [-0.15, -0.1) is 0 Å². The molecule has 0 fully saturated rings. The van der Waals surface area contributed by atoms with Crippen molar-refractivity contribution in [2.75, 3.05) is 0 Å². The lowest BCUT2D eigenvalue weighted by atomic mass is 10.0. The van der Waals surface area contributed by atoms with E-state index in [1.165, 1.54) is 4.90 Å². The molecule has 7 nitrogen and oxygen atoms in total. The molecule has 0 unspecified atom stereocenters. The number of nitrogens with zero attached hydrogens (tertiary/aromatic N) is 1. The van der Waals surface area contributed by atoms with Crippen molar-refractivity contribution in [3.63, 3.8) is 0 Å². The van der Waals surface area contributed by atoms with Crippen LogP contribution in [-0.4, -0.2) is 33.6 Å². The number of carboxylic acid groups (broad SMARTS) is 1. The molecule has 0 aromatic heterocycles. The summed E-state index contributed by atoms with van der Waals surface area (Å²) in [5, 5.41) is 19.8. The molecule has 0 radical (unpaired) electrons. The second kappa shape index (κ2) is 9.03. The van der Waals surface area contributed by atoms with E-state index in [1.807, 2.05) is 51.1 Å². The third-order valence-electron chi connectivity index (χ3n) is 4.06. The topological polar surface area (TPSA) is 103 Å². The van der Waals surface area contributed by atoms with E-state index in [0.717, 1.165) is 11.1 Å². The lowest BCUT2D eigenvalue weighted by Gasteiger charge is -2.33. The van der Waals surface area contributed by atoms with Crippen LogP contribution in [0.4, 0.5) is 9.59 Å². The van der Waals surface area contributed by atoms with Crippen LogP contribution in [0.5, 0.6) is 0 Å². The molecule has 28 heavy (non-hydrogen) atoms. The maximum atomic E-state index is 11.9. The largest absolute Gasteiger partial charge is 0.465 e. The lowest BCUT2D eigenvalue weighted by Crippen LogP contribution is -2.44. The Bertz CT molecular complexity index is 827. The van der Waals surface area contributed by atoms with Crippen molar-refractivity contribution in [1.29, 1.82) is 5.41 Å². The standard InChI is InChI=1S/C21H25N3O4/c1-21(2,3)24(20(26)27)13-15-9-11-17(12-10-15)18(22)23-19(25)28-14-16-7-5-4-6-8-16/h4-12H,13-14H2,1-3H3,(H,26,27)(H2,22,23,25). The summed E-state index contributed by atoms with van der Waals surface area (Å²) in [6.45, 7) is 5.85. The predicted octanol–water partition coefficient (Wildman–Crippen LogP) is 4.22. The molecule has 0 atom stereocenters. The van der Waals surface area contributed by atoms with E-state index in [1.54, 1.807) is 24.3 Å². The van der Waals surface area contributed by atoms with E-state index in [0.29, 0.717) is 5.56 Å². The Balaban J connectivity index is 1.92. The van der Waals surface area contributed by atoms with E-state index in [-0.39, 0.29) is 19.0 Å². The van der Waals surface area contributed by atoms with Gasteiger partial charge in [-0.1, -0.05) is 54.6 Å². The first-order valence-corrected chi connectivity index (χ1v) is 8.83. The van der Waals surface area contributed by atoms with Crippen LogP contribution in [0.25, 0.3) is 0 Å². The van der Waals surface area contributed by atoms with Crippen LogP contribution < -0.4 is 5.32 Å². The van der Waals surface area contributed by atoms with Gasteiger partial charge in [-0.3, -0.25) is 15.6 Å². The molecular formula is C21H25N3O4. The van der Waals surface area contributed by atoms with E-state index in [2.05, 4.69) is 5.32 Å². The number of carbonyl (C=O) groups excluding carboxylic acids is 1. The van der Waals surface area contributed by atoms with Gasteiger partial charge in [0, 0.05) is 17.6 Å². The minimum absolute atomic E-state index is 0.0875. The number of nitrogens with one attached hydrogen (secondary N) is 2. The molecule has 3 N–H and O–H groups in total. The fourth-order valence-electron chi connectivity index (χ4n) is 2.48. The summed E-state index contributed by atoms with van der Waals surface area (Å²) < 4.78 is 5.10. The molecule has 0 saturated heterocycles. The third-order valence-corrected chi connectivity index (χ3v) is 4.06. The predicted molar refractivity (Wildman–Crippen MR) is 106 cm³/mol. The van der Waals surface area contributed by atoms with Gasteiger partial charge in [-0.05, 0) is 31.9 Å². The molecule has 7 heteroatoms. The second-order valence-electron chi connectivity index (χ2n) is 7.30. The van der Waals surface area contributed by atoms with Crippen LogP contribution in [0, 0.1) is 5.41 Å². The second-order valence-corrected chi connectivity index (χ2v) is 7.30. The number of hydrogen-bond acceptors (Lipinski definition) is 4. The molecule has 2 aromatic rings. The summed E-state index contributed by atoms with van der Waals surface area (Å²) in [4.78, 5) is 24.6. The summed E-state index contributed by atoms with van der Waals surface area (Å²) in [7, 11) is 0. The molecule has 0 aliphatic carbocycles. The fourth-order valence-corrected chi connectivity index (χ4v) is 2.48. The Hall–Kier alpha value is -3.35. The van der Waals surface area contributed by atoms with Gasteiger partial charge in [-0.25, -0.2) is 9.59 Å². The number of alkyl carbamates (subject to hydrolysis) is 1. The van der Waals surface area contributed by atoms with Crippen molar-refractivity contribution < 1.29 is 19.4 Å². The number of carbonyl (C=O) groups is 2. The Kier molecular flexibility index (Phi) is 6.76. The van der Waals surface area contributed by atoms with Crippen LogP contribution in [0.2, 0.25) is 0 Å². The highest BCUT2D eigenvalue weighted by atomic mass is 16.5. The fraction of sp³-hybridized carbons (Fsp3) is 0.286. The van der Waals surface area contributed by atoms with E-state index < -0.39 is 17.7 Å². The number of amidine groups is 1. The van der Waals surface area contributed by atoms with Gasteiger partial charge in [0.1, 0.15) is 12.4 Å². The molecular weight excluding hydrogens is 358 g/mol. The van der Waals surface area contributed by atoms with Gasteiger partial charge >= 0.3 is 12.2 Å². The normalized spacial score (nSPS) is 10.8. The minimum Gasteiger partial charge on any atom is -0.465 e. The first kappa shape index (κ1) is 21.0. The number of ether oxygens (including phenoxy) is 1. The van der Waals surface area contributed by atoms with Crippen molar-refractivity contribution in [1.82, 2.24) is 10.2 Å². The molecule has 0 aliphatic heterocycles. The maximum Gasteiger partial charge on any atom is 0.413 e. The number of benzene rings is 2. The summed E-state index contributed by atoms with van der Waals surface area (Å²) >= 11 is 0. The smallest absolute Gasteiger partial charge is 0.413 e. The number of rotatable bonds is 5. The van der Waals surface area contributed by atoms with E-state index in [4.69, 9.17) is 10.1 Å². The Morgan fingerprint density at radius 2 is 1.64 bits per heavy atom. The van der Waals surface area contributed by atoms with Gasteiger partial charge in [-0.2, -0.15) is 0 Å². The third kappa shape index (κ3) is 6.12. The highest BCUT2D eigenvalue weighted by molar-refractivity contribution is 6.04. The van der Waals surface area contributed by atoms with Crippen LogP contribution in [0.15, 0.2) is 54.6 Å². The van der Waals surface area contributed by atoms with E-state index >= 15 is 0 Å². The van der Waals surface area contributed by atoms with Gasteiger partial charge in [0.05, 0.1) is 0 Å². The molecule has 0 spiro atoms. The van der Waals surface area contributed by atoms with Crippen LogP contribution >= 0.6 is 0 Å². The van der Waals surface area contributed by atoms with Crippen molar-refractivity contribution in [3.05, 3.63) is 71.3 Å². The molecule has 0 aliphatic rings. The molecule has 0 bridgehead atoms. The molecule has 0 heterocycles.